The van der Waals surface area contributed by atoms with Crippen LogP contribution in [-0.4, -0.2) is 21.4 Å². The third-order valence-corrected chi connectivity index (χ3v) is 7.77. The maximum atomic E-state index is 14.0. The first kappa shape index (κ1) is 24.9. The quantitative estimate of drug-likeness (QED) is 0.339. The Kier molecular flexibility index (Phi) is 6.84. The lowest BCUT2D eigenvalue weighted by molar-refractivity contribution is 0.0941. The Morgan fingerprint density at radius 1 is 0.974 bits per heavy atom. The van der Waals surface area contributed by atoms with Gasteiger partial charge in [-0.25, -0.2) is 0 Å². The van der Waals surface area contributed by atoms with E-state index in [1.807, 2.05) is 70.1 Å². The van der Waals surface area contributed by atoms with Crippen LogP contribution >= 0.6 is 0 Å². The van der Waals surface area contributed by atoms with Crippen LogP contribution in [0.1, 0.15) is 74.5 Å². The Morgan fingerprint density at radius 3 is 2.67 bits per heavy atom. The predicted octanol–water partition coefficient (Wildman–Crippen LogP) is 6.29. The Bertz CT molecular complexity index is 1570. The third-order valence-electron chi connectivity index (χ3n) is 7.77. The average Bonchev–Trinajstić information content (AvgIpc) is 3.29. The summed E-state index contributed by atoms with van der Waals surface area (Å²) < 4.78 is 2.02. The lowest BCUT2D eigenvalue weighted by Gasteiger charge is -2.23. The van der Waals surface area contributed by atoms with E-state index in [-0.39, 0.29) is 11.8 Å². The molecule has 2 amide bonds. The number of amides is 2. The van der Waals surface area contributed by atoms with Gasteiger partial charge in [-0.2, -0.15) is 0 Å². The van der Waals surface area contributed by atoms with Crippen LogP contribution in [0.2, 0.25) is 0 Å². The standard InChI is InChI=1S/C33H32N4O2/c1-23-18-26(13-15-29(23)25-9-3-2-4-10-25)33(39)37-22-28-14-16-31(32(38)35-20-24-8-7-17-34-19-24)36(28)21-27-11-5-6-12-30(27)37/h5-9,11-19H,2-4,10,20-22H2,1H3,(H,35,38). The maximum absolute atomic E-state index is 14.0. The molecule has 39 heavy (non-hydrogen) atoms. The number of anilines is 1. The zero-order chi connectivity index (χ0) is 26.8. The highest BCUT2D eigenvalue weighted by molar-refractivity contribution is 6.07. The first-order valence-electron chi connectivity index (χ1n) is 13.6. The Labute approximate surface area is 229 Å². The SMILES string of the molecule is Cc1cc(C(=O)N2Cc3ccc(C(=O)NCc4cccnc4)n3Cc3ccccc32)ccc1C1=CCCCC1. The highest BCUT2D eigenvalue weighted by Crippen LogP contribution is 2.32. The summed E-state index contributed by atoms with van der Waals surface area (Å²) in [6, 6.07) is 21.7. The van der Waals surface area contributed by atoms with E-state index in [4.69, 9.17) is 0 Å². The molecule has 2 aromatic carbocycles. The number of para-hydroxylation sites is 1. The van der Waals surface area contributed by atoms with E-state index >= 15 is 0 Å². The van der Waals surface area contributed by atoms with E-state index in [0.29, 0.717) is 30.9 Å². The molecule has 3 heterocycles. The first-order chi connectivity index (χ1) is 19.1. The highest BCUT2D eigenvalue weighted by Gasteiger charge is 2.27. The third kappa shape index (κ3) is 5.02. The van der Waals surface area contributed by atoms with Gasteiger partial charge in [0.05, 0.1) is 13.1 Å². The van der Waals surface area contributed by atoms with Gasteiger partial charge in [0.2, 0.25) is 0 Å². The highest BCUT2D eigenvalue weighted by atomic mass is 16.2. The largest absolute Gasteiger partial charge is 0.347 e. The molecule has 4 aromatic rings. The van der Waals surface area contributed by atoms with Gasteiger partial charge in [-0.15, -0.1) is 0 Å². The molecule has 1 N–H and O–H groups in total. The molecule has 0 spiro atoms. The molecule has 2 aliphatic rings. The predicted molar refractivity (Wildman–Crippen MR) is 154 cm³/mol. The lowest BCUT2D eigenvalue weighted by atomic mass is 9.90. The number of hydrogen-bond donors (Lipinski definition) is 1. The zero-order valence-electron chi connectivity index (χ0n) is 22.2. The fourth-order valence-corrected chi connectivity index (χ4v) is 5.71. The summed E-state index contributed by atoms with van der Waals surface area (Å²) in [7, 11) is 0. The Hall–Kier alpha value is -4.45. The monoisotopic (exact) mass is 516 g/mol. The lowest BCUT2D eigenvalue weighted by Crippen LogP contribution is -2.31. The van der Waals surface area contributed by atoms with Crippen LogP contribution < -0.4 is 10.2 Å². The summed E-state index contributed by atoms with van der Waals surface area (Å²) in [4.78, 5) is 33.1. The van der Waals surface area contributed by atoms with Gasteiger partial charge in [0.1, 0.15) is 5.69 Å². The second kappa shape index (κ2) is 10.7. The number of nitrogens with one attached hydrogen (secondary N) is 1. The Balaban J connectivity index is 1.29. The van der Waals surface area contributed by atoms with E-state index in [2.05, 4.69) is 29.4 Å². The molecule has 0 saturated heterocycles. The number of hydrogen-bond acceptors (Lipinski definition) is 3. The number of allylic oxidation sites excluding steroid dienone is 2. The van der Waals surface area contributed by atoms with Gasteiger partial charge in [0.15, 0.2) is 0 Å². The molecule has 6 rings (SSSR count). The summed E-state index contributed by atoms with van der Waals surface area (Å²) in [5, 5.41) is 3.01. The summed E-state index contributed by atoms with van der Waals surface area (Å²) >= 11 is 0. The summed E-state index contributed by atoms with van der Waals surface area (Å²) in [6.07, 6.45) is 10.5. The number of rotatable bonds is 5. The normalized spacial score (nSPS) is 14.6. The summed E-state index contributed by atoms with van der Waals surface area (Å²) in [5.41, 5.74) is 8.78. The minimum atomic E-state index is -0.148. The molecule has 0 bridgehead atoms. The van der Waals surface area contributed by atoms with Crippen molar-refractivity contribution in [1.29, 1.82) is 0 Å². The summed E-state index contributed by atoms with van der Waals surface area (Å²) in [5.74, 6) is -0.183. The van der Waals surface area contributed by atoms with Crippen molar-refractivity contribution < 1.29 is 9.59 Å². The molecule has 196 valence electrons. The maximum Gasteiger partial charge on any atom is 0.268 e. The smallest absolute Gasteiger partial charge is 0.268 e. The number of carbonyl (C=O) groups excluding carboxylic acids is 2. The van der Waals surface area contributed by atoms with Crippen LogP contribution in [-0.2, 0) is 19.6 Å². The van der Waals surface area contributed by atoms with Crippen molar-refractivity contribution in [2.75, 3.05) is 4.90 Å². The van der Waals surface area contributed by atoms with E-state index in [9.17, 15) is 9.59 Å². The van der Waals surface area contributed by atoms with E-state index in [0.717, 1.165) is 40.9 Å². The molecule has 0 radical (unpaired) electrons. The Morgan fingerprint density at radius 2 is 1.87 bits per heavy atom. The van der Waals surface area contributed by atoms with Crippen molar-refractivity contribution in [3.8, 4) is 0 Å². The minimum Gasteiger partial charge on any atom is -0.347 e. The average molecular weight is 517 g/mol. The fraction of sp³-hybridized carbons (Fsp3) is 0.242. The van der Waals surface area contributed by atoms with Crippen molar-refractivity contribution in [3.63, 3.8) is 0 Å². The summed E-state index contributed by atoms with van der Waals surface area (Å²) in [6.45, 7) is 3.40. The van der Waals surface area contributed by atoms with Crippen molar-refractivity contribution in [2.45, 2.75) is 52.2 Å². The number of nitrogens with zero attached hydrogens (tertiary/aromatic N) is 3. The topological polar surface area (TPSA) is 67.2 Å². The molecule has 0 saturated carbocycles. The van der Waals surface area contributed by atoms with Gasteiger partial charge >= 0.3 is 0 Å². The minimum absolute atomic E-state index is 0.0352. The van der Waals surface area contributed by atoms with Gasteiger partial charge in [-0.05, 0) is 96.8 Å². The van der Waals surface area contributed by atoms with E-state index in [1.54, 1.807) is 12.4 Å². The molecular weight excluding hydrogens is 484 g/mol. The van der Waals surface area contributed by atoms with Crippen molar-refractivity contribution >= 4 is 23.1 Å². The number of fused-ring (bicyclic) bond motifs is 2. The van der Waals surface area contributed by atoms with Crippen LogP contribution in [0.5, 0.6) is 0 Å². The number of aromatic nitrogens is 2. The molecule has 6 heteroatoms. The van der Waals surface area contributed by atoms with Crippen LogP contribution in [0.3, 0.4) is 0 Å². The van der Waals surface area contributed by atoms with Crippen molar-refractivity contribution in [2.24, 2.45) is 0 Å². The molecule has 0 fully saturated rings. The van der Waals surface area contributed by atoms with Crippen molar-refractivity contribution in [3.05, 3.63) is 124 Å². The zero-order valence-corrected chi connectivity index (χ0v) is 22.2. The molecule has 0 unspecified atom stereocenters. The van der Waals surface area contributed by atoms with Crippen LogP contribution in [0, 0.1) is 6.92 Å². The van der Waals surface area contributed by atoms with Gasteiger partial charge < -0.3 is 14.8 Å². The van der Waals surface area contributed by atoms with Crippen LogP contribution in [0.25, 0.3) is 5.57 Å². The number of aryl methyl sites for hydroxylation is 1. The van der Waals surface area contributed by atoms with Gasteiger partial charge in [0, 0.05) is 35.9 Å². The van der Waals surface area contributed by atoms with Gasteiger partial charge in [-0.3, -0.25) is 14.6 Å². The number of pyridine rings is 1. The van der Waals surface area contributed by atoms with Crippen molar-refractivity contribution in [1.82, 2.24) is 14.9 Å². The number of benzene rings is 2. The fourth-order valence-electron chi connectivity index (χ4n) is 5.71. The number of carbonyl (C=O) groups is 2. The van der Waals surface area contributed by atoms with Gasteiger partial charge in [-0.1, -0.05) is 36.4 Å². The molecule has 2 aromatic heterocycles. The molecular formula is C33H32N4O2. The molecule has 0 atom stereocenters. The first-order valence-corrected chi connectivity index (χ1v) is 13.6. The van der Waals surface area contributed by atoms with Crippen LogP contribution in [0.15, 0.2) is 85.2 Å². The second-order valence-electron chi connectivity index (χ2n) is 10.4. The molecule has 6 nitrogen and oxygen atoms in total. The van der Waals surface area contributed by atoms with Gasteiger partial charge in [0.25, 0.3) is 11.8 Å². The van der Waals surface area contributed by atoms with E-state index < -0.39 is 0 Å². The second-order valence-corrected chi connectivity index (χ2v) is 10.4. The molecule has 1 aliphatic heterocycles. The van der Waals surface area contributed by atoms with Crippen LogP contribution in [0.4, 0.5) is 5.69 Å². The molecule has 1 aliphatic carbocycles. The van der Waals surface area contributed by atoms with E-state index in [1.165, 1.54) is 24.0 Å².